The number of halogens is 3. The molecule has 20 heteroatoms. The number of alkyl halides is 3. The van der Waals surface area contributed by atoms with Gasteiger partial charge in [-0.2, -0.15) is 18.3 Å². The summed E-state index contributed by atoms with van der Waals surface area (Å²) in [5.74, 6) is -3.30. The summed E-state index contributed by atoms with van der Waals surface area (Å²) in [6.45, 7) is 13.1. The monoisotopic (exact) mass is 809 g/mol. The van der Waals surface area contributed by atoms with Crippen molar-refractivity contribution in [1.82, 2.24) is 30.0 Å². The molecule has 1 aromatic heterocycles. The zero-order valence-corrected chi connectivity index (χ0v) is 32.5. The zero-order chi connectivity index (χ0) is 41.6. The van der Waals surface area contributed by atoms with Gasteiger partial charge in [-0.3, -0.25) is 24.4 Å². The molecular weight excluding hydrogens is 763 g/mol. The van der Waals surface area contributed by atoms with Crippen LogP contribution < -0.4 is 20.7 Å². The lowest BCUT2D eigenvalue weighted by atomic mass is 9.85. The molecule has 3 aliphatic rings. The number of benzene rings is 1. The van der Waals surface area contributed by atoms with Crippen molar-refractivity contribution in [2.75, 3.05) is 11.9 Å². The van der Waals surface area contributed by atoms with Crippen LogP contribution in [-0.4, -0.2) is 94.1 Å². The lowest BCUT2D eigenvalue weighted by Crippen LogP contribution is -2.60. The van der Waals surface area contributed by atoms with Gasteiger partial charge < -0.3 is 25.0 Å². The van der Waals surface area contributed by atoms with Crippen LogP contribution >= 0.6 is 0 Å². The van der Waals surface area contributed by atoms with Gasteiger partial charge in [0.15, 0.2) is 0 Å². The predicted molar refractivity (Wildman–Crippen MR) is 194 cm³/mol. The number of ether oxygens (including phenoxy) is 2. The number of nitrogens with one attached hydrogen (secondary N) is 4. The first-order valence-corrected chi connectivity index (χ1v) is 19.4. The van der Waals surface area contributed by atoms with Gasteiger partial charge >= 0.3 is 18.4 Å². The summed E-state index contributed by atoms with van der Waals surface area (Å²) >= 11 is 0. The summed E-state index contributed by atoms with van der Waals surface area (Å²) in [5, 5.41) is 10.8. The summed E-state index contributed by atoms with van der Waals surface area (Å²) in [6, 6.07) is 1.42. The summed E-state index contributed by atoms with van der Waals surface area (Å²) in [7, 11) is -4.00. The van der Waals surface area contributed by atoms with Gasteiger partial charge in [0.1, 0.15) is 29.3 Å². The third-order valence-electron chi connectivity index (χ3n) is 9.46. The molecule has 5 atom stereocenters. The molecule has 1 aliphatic heterocycles. The van der Waals surface area contributed by atoms with E-state index in [0.29, 0.717) is 18.9 Å². The second-order valence-corrected chi connectivity index (χ2v) is 18.2. The van der Waals surface area contributed by atoms with Crippen LogP contribution in [0.2, 0.25) is 0 Å². The van der Waals surface area contributed by atoms with Gasteiger partial charge in [-0.15, -0.1) is 6.58 Å². The van der Waals surface area contributed by atoms with E-state index < -0.39 is 104 Å². The van der Waals surface area contributed by atoms with Gasteiger partial charge in [0.2, 0.25) is 21.8 Å². The second kappa shape index (κ2) is 15.1. The Bertz CT molecular complexity index is 1990. The third-order valence-corrected chi connectivity index (χ3v) is 11.3. The van der Waals surface area contributed by atoms with E-state index in [9.17, 15) is 45.6 Å². The number of aromatic nitrogens is 2. The number of carbonyl (C=O) groups is 5. The summed E-state index contributed by atoms with van der Waals surface area (Å²) in [6.07, 6.45) is -3.48. The van der Waals surface area contributed by atoms with Crippen LogP contribution in [0.25, 0.3) is 5.69 Å². The van der Waals surface area contributed by atoms with E-state index in [2.05, 4.69) is 32.4 Å². The molecule has 0 spiro atoms. The number of hydrogen-bond acceptors (Lipinski definition) is 10. The first-order valence-electron chi connectivity index (χ1n) is 17.8. The Morgan fingerprint density at radius 1 is 1.05 bits per heavy atom. The Balaban J connectivity index is 1.42. The molecule has 16 nitrogen and oxygen atoms in total. The highest BCUT2D eigenvalue weighted by Gasteiger charge is 2.62. The Kier molecular flexibility index (Phi) is 11.3. The number of anilines is 1. The van der Waals surface area contributed by atoms with Crippen molar-refractivity contribution < 1.29 is 55.0 Å². The fourth-order valence-corrected chi connectivity index (χ4v) is 7.71. The fraction of sp³-hybridized carbons (Fsp3) is 0.556. The Hall–Kier alpha value is -5.14. The molecule has 1 aromatic carbocycles. The van der Waals surface area contributed by atoms with E-state index in [4.69, 9.17) is 9.47 Å². The van der Waals surface area contributed by atoms with Gasteiger partial charge in [0.25, 0.3) is 5.91 Å². The Labute approximate surface area is 321 Å². The van der Waals surface area contributed by atoms with Crippen molar-refractivity contribution in [3.05, 3.63) is 54.9 Å². The van der Waals surface area contributed by atoms with Crippen LogP contribution in [0.3, 0.4) is 0 Å². The predicted octanol–water partition coefficient (Wildman–Crippen LogP) is 4.02. The van der Waals surface area contributed by atoms with Crippen molar-refractivity contribution >= 4 is 45.6 Å². The first-order chi connectivity index (χ1) is 25.8. The molecule has 2 aromatic rings. The largest absolute Gasteiger partial charge is 0.444 e. The van der Waals surface area contributed by atoms with Crippen LogP contribution in [0.4, 0.5) is 28.4 Å². The first kappa shape index (κ1) is 42.0. The van der Waals surface area contributed by atoms with Crippen molar-refractivity contribution in [3.8, 4) is 5.69 Å². The topological polar surface area (TPSA) is 207 Å². The number of carbonyl (C=O) groups excluding carboxylic acids is 5. The molecule has 2 heterocycles. The number of nitrogens with zero attached hydrogens (tertiary/aromatic N) is 3. The average Bonchev–Trinajstić information content (AvgIpc) is 3.94. The quantitative estimate of drug-likeness (QED) is 0.240. The van der Waals surface area contributed by atoms with Gasteiger partial charge in [-0.05, 0) is 69.7 Å². The van der Waals surface area contributed by atoms with Crippen molar-refractivity contribution in [2.24, 2.45) is 11.3 Å². The van der Waals surface area contributed by atoms with Crippen LogP contribution in [0.5, 0.6) is 0 Å². The van der Waals surface area contributed by atoms with Crippen LogP contribution in [0.1, 0.15) is 72.8 Å². The van der Waals surface area contributed by atoms with Crippen molar-refractivity contribution in [3.63, 3.8) is 0 Å². The van der Waals surface area contributed by atoms with Gasteiger partial charge in [0.05, 0.1) is 28.7 Å². The lowest BCUT2D eigenvalue weighted by molar-refractivity contribution is -0.143. The van der Waals surface area contributed by atoms with E-state index in [1.807, 2.05) is 0 Å². The molecule has 3 fully saturated rings. The minimum Gasteiger partial charge on any atom is -0.444 e. The maximum Gasteiger partial charge on any atom is 0.416 e. The van der Waals surface area contributed by atoms with Crippen LogP contribution in [0, 0.1) is 11.3 Å². The van der Waals surface area contributed by atoms with Gasteiger partial charge in [-0.25, -0.2) is 22.7 Å². The SMILES string of the molecule is C=C[C@@H]1C[C@]1(NC(=O)[C@@H]1C[C@@H](OC(=O)Nc2cc(C(F)(F)F)ccc2-n2cccn2)CN1C(=O)[C@@H](NC(=O)OC(C)(C)C)C(C)(C)C)C(=O)NS(=O)(=O)C1CC1. The van der Waals surface area contributed by atoms with E-state index in [1.54, 1.807) is 41.5 Å². The zero-order valence-electron chi connectivity index (χ0n) is 31.7. The second-order valence-electron chi connectivity index (χ2n) is 16.2. The summed E-state index contributed by atoms with van der Waals surface area (Å²) in [4.78, 5) is 69.2. The highest BCUT2D eigenvalue weighted by Crippen LogP contribution is 2.45. The highest BCUT2D eigenvalue weighted by molar-refractivity contribution is 7.91. The molecule has 2 saturated carbocycles. The molecule has 0 bridgehead atoms. The molecule has 0 unspecified atom stereocenters. The molecule has 2 aliphatic carbocycles. The number of sulfonamides is 1. The minimum atomic E-state index is -4.75. The Morgan fingerprint density at radius 2 is 1.73 bits per heavy atom. The standard InChI is InChI=1S/C36H46F3N7O9S/c1-8-20-18-35(20,30(49)44-56(52,53)23-11-12-23)43-28(47)26-17-22(19-45(26)29(48)27(33(2,3)4)42-32(51)55-34(5,6)7)54-31(50)41-24-16-21(36(37,38)39)10-13-25(24)46-15-9-14-40-46/h8-10,13-16,20,22-23,26-27H,1,11-12,17-19H2,2-7H3,(H,41,50)(H,42,51)(H,43,47)(H,44,49)/t20-,22-,26+,27-,35-/m1/s1. The molecule has 5 rings (SSSR count). The Morgan fingerprint density at radius 3 is 2.27 bits per heavy atom. The highest BCUT2D eigenvalue weighted by atomic mass is 32.2. The average molecular weight is 810 g/mol. The van der Waals surface area contributed by atoms with Gasteiger partial charge in [0, 0.05) is 24.7 Å². The summed E-state index contributed by atoms with van der Waals surface area (Å²) < 4.78 is 80.5. The lowest BCUT2D eigenvalue weighted by Gasteiger charge is -2.36. The van der Waals surface area contributed by atoms with Crippen molar-refractivity contribution in [1.29, 1.82) is 0 Å². The number of hydrogen-bond donors (Lipinski definition) is 4. The molecule has 306 valence electrons. The maximum absolute atomic E-state index is 14.4. The molecule has 56 heavy (non-hydrogen) atoms. The van der Waals surface area contributed by atoms with Gasteiger partial charge in [-0.1, -0.05) is 26.8 Å². The fourth-order valence-electron chi connectivity index (χ4n) is 6.35. The van der Waals surface area contributed by atoms with Crippen LogP contribution in [-0.2, 0) is 40.1 Å². The molecular formula is C36H46F3N7O9S. The maximum atomic E-state index is 14.4. The van der Waals surface area contributed by atoms with E-state index in [-0.39, 0.29) is 24.2 Å². The third kappa shape index (κ3) is 9.62. The smallest absolute Gasteiger partial charge is 0.416 e. The number of likely N-dealkylation sites (tertiary alicyclic amines) is 1. The summed E-state index contributed by atoms with van der Waals surface area (Å²) in [5.41, 5.74) is -4.90. The van der Waals surface area contributed by atoms with Crippen LogP contribution in [0.15, 0.2) is 49.3 Å². The molecule has 1 saturated heterocycles. The number of alkyl carbamates (subject to hydrolysis) is 1. The minimum absolute atomic E-state index is 0.0116. The number of amides is 5. The molecule has 4 N–H and O–H groups in total. The number of rotatable bonds is 11. The molecule has 0 radical (unpaired) electrons. The van der Waals surface area contributed by atoms with E-state index in [0.717, 1.165) is 17.0 Å². The normalized spacial score (nSPS) is 23.0. The molecule has 5 amide bonds. The van der Waals surface area contributed by atoms with Crippen molar-refractivity contribution in [2.45, 2.75) is 108 Å². The van der Waals surface area contributed by atoms with E-state index >= 15 is 0 Å². The van der Waals surface area contributed by atoms with E-state index in [1.165, 1.54) is 29.2 Å².